The van der Waals surface area contributed by atoms with Gasteiger partial charge >= 0.3 is 6.09 Å². The topological polar surface area (TPSA) is 65.2 Å². The van der Waals surface area contributed by atoms with E-state index in [0.717, 1.165) is 6.07 Å². The first-order valence-electron chi connectivity index (χ1n) is 5.23. The van der Waals surface area contributed by atoms with Crippen LogP contribution in [0.25, 0.3) is 10.9 Å². The summed E-state index contributed by atoms with van der Waals surface area (Å²) in [7, 11) is 0. The molecule has 0 unspecified atom stereocenters. The van der Waals surface area contributed by atoms with Crippen molar-refractivity contribution in [3.63, 3.8) is 0 Å². The molecule has 94 valence electrons. The fraction of sp³-hybridized carbons (Fsp3) is 0.167. The van der Waals surface area contributed by atoms with Crippen LogP contribution in [0, 0.1) is 11.6 Å². The van der Waals surface area contributed by atoms with Crippen LogP contribution in [0.5, 0.6) is 0 Å². The van der Waals surface area contributed by atoms with Crippen molar-refractivity contribution in [2.45, 2.75) is 6.42 Å². The lowest BCUT2D eigenvalue weighted by Crippen LogP contribution is -2.15. The molecule has 0 aliphatic heterocycles. The van der Waals surface area contributed by atoms with E-state index in [-0.39, 0.29) is 29.5 Å². The van der Waals surface area contributed by atoms with E-state index in [1.807, 2.05) is 0 Å². The second-order valence-corrected chi connectivity index (χ2v) is 3.65. The quantitative estimate of drug-likeness (QED) is 0.910. The number of halogens is 2. The molecule has 0 radical (unpaired) electrons. The summed E-state index contributed by atoms with van der Waals surface area (Å²) in [5.41, 5.74) is 4.88. The van der Waals surface area contributed by atoms with Crippen LogP contribution >= 0.6 is 0 Å². The molecule has 18 heavy (non-hydrogen) atoms. The van der Waals surface area contributed by atoms with Crippen LogP contribution in [0.2, 0.25) is 0 Å². The number of carbonyl (C=O) groups is 1. The summed E-state index contributed by atoms with van der Waals surface area (Å²) in [6.07, 6.45) is 0.496. The number of hydrogen-bond acceptors (Lipinski definition) is 3. The normalized spacial score (nSPS) is 10.6. The number of rotatable bonds is 3. The molecule has 0 fully saturated rings. The predicted octanol–water partition coefficient (Wildman–Crippen LogP) is 2.15. The molecule has 0 saturated carbocycles. The van der Waals surface area contributed by atoms with Gasteiger partial charge < -0.3 is 10.5 Å². The van der Waals surface area contributed by atoms with Crippen molar-refractivity contribution in [2.75, 3.05) is 6.61 Å². The molecule has 0 bridgehead atoms. The van der Waals surface area contributed by atoms with Crippen LogP contribution in [0.15, 0.2) is 24.4 Å². The van der Waals surface area contributed by atoms with Gasteiger partial charge in [0, 0.05) is 18.0 Å². The van der Waals surface area contributed by atoms with Gasteiger partial charge in [-0.3, -0.25) is 4.98 Å². The number of nitrogens with two attached hydrogens (primary N) is 1. The van der Waals surface area contributed by atoms with Crippen molar-refractivity contribution in [2.24, 2.45) is 5.73 Å². The van der Waals surface area contributed by atoms with Crippen molar-refractivity contribution in [1.82, 2.24) is 4.98 Å². The van der Waals surface area contributed by atoms with Gasteiger partial charge in [-0.2, -0.15) is 0 Å². The highest BCUT2D eigenvalue weighted by atomic mass is 19.1. The third-order valence-corrected chi connectivity index (χ3v) is 2.47. The minimum Gasteiger partial charge on any atom is -0.449 e. The molecule has 0 aliphatic carbocycles. The van der Waals surface area contributed by atoms with Crippen molar-refractivity contribution in [1.29, 1.82) is 0 Å². The first kappa shape index (κ1) is 12.2. The summed E-state index contributed by atoms with van der Waals surface area (Å²) in [6.45, 7) is -0.0997. The number of pyridine rings is 1. The summed E-state index contributed by atoms with van der Waals surface area (Å²) in [5.74, 6) is -1.17. The summed E-state index contributed by atoms with van der Waals surface area (Å²) < 4.78 is 32.1. The highest BCUT2D eigenvalue weighted by Gasteiger charge is 2.12. The average molecular weight is 252 g/mol. The number of benzene rings is 1. The lowest BCUT2D eigenvalue weighted by Gasteiger charge is -2.07. The smallest absolute Gasteiger partial charge is 0.404 e. The molecule has 1 aromatic heterocycles. The third-order valence-electron chi connectivity index (χ3n) is 2.47. The van der Waals surface area contributed by atoms with Gasteiger partial charge in [0.1, 0.15) is 17.2 Å². The average Bonchev–Trinajstić information content (AvgIpc) is 2.35. The maximum absolute atomic E-state index is 14.0. The minimum atomic E-state index is -0.946. The summed E-state index contributed by atoms with van der Waals surface area (Å²) in [4.78, 5) is 14.1. The molecule has 1 aromatic carbocycles. The molecular weight excluding hydrogens is 242 g/mol. The van der Waals surface area contributed by atoms with Gasteiger partial charge in [-0.25, -0.2) is 13.6 Å². The summed E-state index contributed by atoms with van der Waals surface area (Å²) in [5, 5.41) is 0.103. The van der Waals surface area contributed by atoms with E-state index < -0.39 is 17.7 Å². The second kappa shape index (κ2) is 4.95. The van der Waals surface area contributed by atoms with E-state index in [2.05, 4.69) is 9.72 Å². The first-order valence-corrected chi connectivity index (χ1v) is 5.23. The Kier molecular flexibility index (Phi) is 3.36. The molecule has 0 atom stereocenters. The first-order chi connectivity index (χ1) is 8.59. The minimum absolute atomic E-state index is 0.0189. The standard InChI is InChI=1S/C12H10F2N2O2/c13-9-6-7(3-5-18-12(15)17)10(14)8-2-1-4-16-11(8)9/h1-2,4,6H,3,5H2,(H2,15,17). The van der Waals surface area contributed by atoms with E-state index in [0.29, 0.717) is 0 Å². The van der Waals surface area contributed by atoms with Gasteiger partial charge in [0.05, 0.1) is 6.61 Å². The van der Waals surface area contributed by atoms with E-state index in [1.165, 1.54) is 18.3 Å². The molecule has 0 saturated heterocycles. The SMILES string of the molecule is NC(=O)OCCc1cc(F)c2ncccc2c1F. The zero-order valence-electron chi connectivity index (χ0n) is 9.32. The monoisotopic (exact) mass is 252 g/mol. The van der Waals surface area contributed by atoms with Crippen molar-refractivity contribution in [3.05, 3.63) is 41.6 Å². The molecule has 2 rings (SSSR count). The molecular formula is C12H10F2N2O2. The Hall–Kier alpha value is -2.24. The highest BCUT2D eigenvalue weighted by molar-refractivity contribution is 5.80. The Morgan fingerprint density at radius 2 is 2.22 bits per heavy atom. The van der Waals surface area contributed by atoms with Crippen LogP contribution < -0.4 is 5.73 Å². The maximum atomic E-state index is 14.0. The molecule has 0 spiro atoms. The van der Waals surface area contributed by atoms with Crippen molar-refractivity contribution >= 4 is 17.0 Å². The van der Waals surface area contributed by atoms with Crippen LogP contribution in [0.3, 0.4) is 0 Å². The zero-order valence-corrected chi connectivity index (χ0v) is 9.32. The number of nitrogens with zero attached hydrogens (tertiary/aromatic N) is 1. The predicted molar refractivity (Wildman–Crippen MR) is 60.9 cm³/mol. The van der Waals surface area contributed by atoms with Gasteiger partial charge in [0.2, 0.25) is 0 Å². The van der Waals surface area contributed by atoms with Crippen LogP contribution in [0.1, 0.15) is 5.56 Å². The van der Waals surface area contributed by atoms with Crippen LogP contribution in [0.4, 0.5) is 13.6 Å². The van der Waals surface area contributed by atoms with E-state index in [1.54, 1.807) is 0 Å². The van der Waals surface area contributed by atoms with Crippen molar-refractivity contribution in [3.8, 4) is 0 Å². The fourth-order valence-electron chi connectivity index (χ4n) is 1.67. The maximum Gasteiger partial charge on any atom is 0.404 e. The van der Waals surface area contributed by atoms with Gasteiger partial charge in [-0.05, 0) is 23.8 Å². The second-order valence-electron chi connectivity index (χ2n) is 3.65. The zero-order chi connectivity index (χ0) is 13.1. The number of ether oxygens (including phenoxy) is 1. The van der Waals surface area contributed by atoms with Gasteiger partial charge in [0.25, 0.3) is 0 Å². The van der Waals surface area contributed by atoms with Crippen LogP contribution in [-0.4, -0.2) is 17.7 Å². The van der Waals surface area contributed by atoms with Crippen LogP contribution in [-0.2, 0) is 11.2 Å². The van der Waals surface area contributed by atoms with Gasteiger partial charge in [-0.15, -0.1) is 0 Å². The molecule has 1 amide bonds. The number of hydrogen-bond donors (Lipinski definition) is 1. The number of aromatic nitrogens is 1. The number of primary amides is 1. The van der Waals surface area contributed by atoms with Gasteiger partial charge in [-0.1, -0.05) is 0 Å². The Morgan fingerprint density at radius 1 is 1.44 bits per heavy atom. The molecule has 2 aromatic rings. The Bertz CT molecular complexity index is 602. The molecule has 1 heterocycles. The Morgan fingerprint density at radius 3 is 2.94 bits per heavy atom. The molecule has 0 aliphatic rings. The van der Waals surface area contributed by atoms with Crippen molar-refractivity contribution < 1.29 is 18.3 Å². The van der Waals surface area contributed by atoms with E-state index >= 15 is 0 Å². The Labute approximate surface area is 101 Å². The fourth-order valence-corrected chi connectivity index (χ4v) is 1.67. The molecule has 6 heteroatoms. The number of carbonyl (C=O) groups excluding carboxylic acids is 1. The lowest BCUT2D eigenvalue weighted by atomic mass is 10.1. The van der Waals surface area contributed by atoms with E-state index in [4.69, 9.17) is 5.73 Å². The van der Waals surface area contributed by atoms with E-state index in [9.17, 15) is 13.6 Å². The number of amides is 1. The van der Waals surface area contributed by atoms with Gasteiger partial charge in [0.15, 0.2) is 0 Å². The Balaban J connectivity index is 2.34. The largest absolute Gasteiger partial charge is 0.449 e. The molecule has 2 N–H and O–H groups in total. The lowest BCUT2D eigenvalue weighted by molar-refractivity contribution is 0.158. The highest BCUT2D eigenvalue weighted by Crippen LogP contribution is 2.22. The summed E-state index contributed by atoms with van der Waals surface area (Å²) in [6, 6.07) is 4.02. The number of fused-ring (bicyclic) bond motifs is 1. The third kappa shape index (κ3) is 2.37. The summed E-state index contributed by atoms with van der Waals surface area (Å²) >= 11 is 0. The molecule has 4 nitrogen and oxygen atoms in total.